The van der Waals surface area contributed by atoms with E-state index in [-0.39, 0.29) is 18.8 Å². The number of ether oxygens (including phenoxy) is 3. The Morgan fingerprint density at radius 3 is 2.31 bits per heavy atom. The lowest BCUT2D eigenvalue weighted by Gasteiger charge is -2.30. The van der Waals surface area contributed by atoms with Crippen LogP contribution in [0.1, 0.15) is 62.6 Å². The maximum atomic E-state index is 12.8. The zero-order valence-corrected chi connectivity index (χ0v) is 21.8. The number of carboxylic acid groups (broad SMARTS) is 1. The van der Waals surface area contributed by atoms with Gasteiger partial charge in [-0.25, -0.2) is 0 Å². The topological polar surface area (TPSA) is 71.5 Å². The van der Waals surface area contributed by atoms with Crippen molar-refractivity contribution in [2.24, 2.45) is 5.92 Å². The second-order valence-corrected chi connectivity index (χ2v) is 9.84. The SMILES string of the molecule is CCCCN(CCCC)CCN1CC(c2ccc3c(c2)OCO3)C(C(=O)O)C1c1ccc(OC)cc1. The molecule has 2 heterocycles. The smallest absolute Gasteiger partial charge is 0.309 e. The van der Waals surface area contributed by atoms with E-state index in [2.05, 4.69) is 23.6 Å². The van der Waals surface area contributed by atoms with Crippen LogP contribution in [0.4, 0.5) is 0 Å². The predicted octanol–water partition coefficient (Wildman–Crippen LogP) is 5.17. The molecule has 0 bridgehead atoms. The Bertz CT molecular complexity index is 988. The number of hydrogen-bond acceptors (Lipinski definition) is 6. The van der Waals surface area contributed by atoms with Crippen molar-refractivity contribution in [3.8, 4) is 17.2 Å². The summed E-state index contributed by atoms with van der Waals surface area (Å²) in [5, 5.41) is 10.5. The van der Waals surface area contributed by atoms with E-state index in [1.807, 2.05) is 42.5 Å². The number of methoxy groups -OCH3 is 1. The summed E-state index contributed by atoms with van der Waals surface area (Å²) in [5.41, 5.74) is 2.00. The minimum atomic E-state index is -0.769. The van der Waals surface area contributed by atoms with Gasteiger partial charge in [0.15, 0.2) is 11.5 Å². The Labute approximate surface area is 214 Å². The van der Waals surface area contributed by atoms with E-state index >= 15 is 0 Å². The number of rotatable bonds is 13. The molecule has 0 spiro atoms. The highest BCUT2D eigenvalue weighted by Gasteiger charge is 2.47. The van der Waals surface area contributed by atoms with Gasteiger partial charge >= 0.3 is 5.97 Å². The second kappa shape index (κ2) is 12.5. The minimum Gasteiger partial charge on any atom is -0.497 e. The molecule has 36 heavy (non-hydrogen) atoms. The number of nitrogens with zero attached hydrogens (tertiary/aromatic N) is 2. The van der Waals surface area contributed by atoms with Crippen molar-refractivity contribution in [1.29, 1.82) is 0 Å². The highest BCUT2D eigenvalue weighted by atomic mass is 16.7. The Morgan fingerprint density at radius 2 is 1.67 bits per heavy atom. The first-order valence-corrected chi connectivity index (χ1v) is 13.3. The number of carboxylic acids is 1. The first-order chi connectivity index (χ1) is 17.5. The van der Waals surface area contributed by atoms with Gasteiger partial charge in [0.05, 0.1) is 13.0 Å². The standard InChI is InChI=1S/C29H40N2O5/c1-4-6-14-30(15-7-5-2)16-17-31-19-24(22-10-13-25-26(18-22)36-20-35-25)27(29(32)33)28(31)21-8-11-23(34-3)12-9-21/h8-13,18,24,27-28H,4-7,14-17,19-20H2,1-3H3,(H,32,33). The van der Waals surface area contributed by atoms with Gasteiger partial charge in [-0.3, -0.25) is 9.69 Å². The van der Waals surface area contributed by atoms with E-state index in [4.69, 9.17) is 14.2 Å². The lowest BCUT2D eigenvalue weighted by atomic mass is 9.82. The molecule has 7 heteroatoms. The number of unbranched alkanes of at least 4 members (excludes halogenated alkanes) is 2. The number of hydrogen-bond donors (Lipinski definition) is 1. The molecule has 2 aromatic rings. The zero-order valence-electron chi connectivity index (χ0n) is 21.8. The molecule has 196 valence electrons. The van der Waals surface area contributed by atoms with Crippen LogP contribution in [-0.2, 0) is 4.79 Å². The molecular formula is C29H40N2O5. The number of fused-ring (bicyclic) bond motifs is 1. The Kier molecular flexibility index (Phi) is 9.10. The number of benzene rings is 2. The molecule has 0 amide bonds. The highest BCUT2D eigenvalue weighted by molar-refractivity contribution is 5.74. The molecule has 2 aliphatic heterocycles. The van der Waals surface area contributed by atoms with Crippen LogP contribution in [0, 0.1) is 5.92 Å². The summed E-state index contributed by atoms with van der Waals surface area (Å²) in [5.74, 6) is 0.695. The molecule has 0 radical (unpaired) electrons. The number of likely N-dealkylation sites (tertiary alicyclic amines) is 1. The molecule has 4 rings (SSSR count). The molecule has 2 aromatic carbocycles. The van der Waals surface area contributed by atoms with E-state index < -0.39 is 11.9 Å². The molecule has 0 aliphatic carbocycles. The average molecular weight is 497 g/mol. The van der Waals surface area contributed by atoms with Gasteiger partial charge < -0.3 is 24.2 Å². The second-order valence-electron chi connectivity index (χ2n) is 9.84. The van der Waals surface area contributed by atoms with E-state index in [1.165, 1.54) is 25.7 Å². The molecule has 3 atom stereocenters. The third kappa shape index (κ3) is 5.95. The predicted molar refractivity (Wildman–Crippen MR) is 140 cm³/mol. The summed E-state index contributed by atoms with van der Waals surface area (Å²) >= 11 is 0. The molecule has 0 saturated carbocycles. The normalized spacial score (nSPS) is 21.3. The molecule has 7 nitrogen and oxygen atoms in total. The highest BCUT2D eigenvalue weighted by Crippen LogP contribution is 2.47. The summed E-state index contributed by atoms with van der Waals surface area (Å²) in [4.78, 5) is 17.7. The van der Waals surface area contributed by atoms with Gasteiger partial charge in [-0.05, 0) is 61.3 Å². The summed E-state index contributed by atoms with van der Waals surface area (Å²) in [6.07, 6.45) is 4.72. The fourth-order valence-electron chi connectivity index (χ4n) is 5.51. The van der Waals surface area contributed by atoms with Crippen molar-refractivity contribution >= 4 is 5.97 Å². The third-order valence-corrected chi connectivity index (χ3v) is 7.52. The van der Waals surface area contributed by atoms with Crippen LogP contribution < -0.4 is 14.2 Å². The maximum absolute atomic E-state index is 12.8. The van der Waals surface area contributed by atoms with Gasteiger partial charge in [-0.2, -0.15) is 0 Å². The van der Waals surface area contributed by atoms with Crippen LogP contribution >= 0.6 is 0 Å². The number of carbonyl (C=O) groups is 1. The Morgan fingerprint density at radius 1 is 1.00 bits per heavy atom. The van der Waals surface area contributed by atoms with Gasteiger partial charge in [0.25, 0.3) is 0 Å². The van der Waals surface area contributed by atoms with Gasteiger partial charge in [-0.1, -0.05) is 44.9 Å². The van der Waals surface area contributed by atoms with Crippen LogP contribution in [0.2, 0.25) is 0 Å². The van der Waals surface area contributed by atoms with Gasteiger partial charge in [-0.15, -0.1) is 0 Å². The largest absolute Gasteiger partial charge is 0.497 e. The molecule has 3 unspecified atom stereocenters. The van der Waals surface area contributed by atoms with Crippen LogP contribution in [0.25, 0.3) is 0 Å². The van der Waals surface area contributed by atoms with E-state index in [9.17, 15) is 9.90 Å². The van der Waals surface area contributed by atoms with Gasteiger partial charge in [0, 0.05) is 31.6 Å². The fraction of sp³-hybridized carbons (Fsp3) is 0.552. The van der Waals surface area contributed by atoms with Crippen molar-refractivity contribution < 1.29 is 24.1 Å². The van der Waals surface area contributed by atoms with Gasteiger partial charge in [0.1, 0.15) is 5.75 Å². The molecule has 1 N–H and O–H groups in total. The number of aliphatic carboxylic acids is 1. The van der Waals surface area contributed by atoms with Gasteiger partial charge in [0.2, 0.25) is 6.79 Å². The van der Waals surface area contributed by atoms with Crippen LogP contribution in [0.5, 0.6) is 17.2 Å². The van der Waals surface area contributed by atoms with Crippen molar-refractivity contribution in [1.82, 2.24) is 9.80 Å². The van der Waals surface area contributed by atoms with Crippen molar-refractivity contribution in [3.63, 3.8) is 0 Å². The van der Waals surface area contributed by atoms with E-state index in [1.54, 1.807) is 7.11 Å². The molecule has 2 aliphatic rings. The summed E-state index contributed by atoms with van der Waals surface area (Å²) in [6.45, 7) is 9.29. The van der Waals surface area contributed by atoms with E-state index in [0.29, 0.717) is 12.3 Å². The van der Waals surface area contributed by atoms with Crippen molar-refractivity contribution in [3.05, 3.63) is 53.6 Å². The van der Waals surface area contributed by atoms with E-state index in [0.717, 1.165) is 48.8 Å². The molecular weight excluding hydrogens is 456 g/mol. The zero-order chi connectivity index (χ0) is 25.5. The summed E-state index contributed by atoms with van der Waals surface area (Å²) < 4.78 is 16.5. The Hall–Kier alpha value is -2.77. The van der Waals surface area contributed by atoms with Crippen LogP contribution in [0.15, 0.2) is 42.5 Å². The monoisotopic (exact) mass is 496 g/mol. The van der Waals surface area contributed by atoms with Crippen LogP contribution in [-0.4, -0.2) is 67.5 Å². The summed E-state index contributed by atoms with van der Waals surface area (Å²) in [6, 6.07) is 13.5. The first-order valence-electron chi connectivity index (χ1n) is 13.3. The fourth-order valence-corrected chi connectivity index (χ4v) is 5.51. The lowest BCUT2D eigenvalue weighted by molar-refractivity contribution is -0.143. The quantitative estimate of drug-likeness (QED) is 0.410. The lowest BCUT2D eigenvalue weighted by Crippen LogP contribution is -2.37. The average Bonchev–Trinajstić information content (AvgIpc) is 3.52. The Balaban J connectivity index is 1.62. The molecule has 1 fully saturated rings. The minimum absolute atomic E-state index is 0.149. The summed E-state index contributed by atoms with van der Waals surface area (Å²) in [7, 11) is 1.65. The molecule has 0 aromatic heterocycles. The maximum Gasteiger partial charge on any atom is 0.309 e. The van der Waals surface area contributed by atoms with Crippen molar-refractivity contribution in [2.75, 3.05) is 46.6 Å². The first kappa shape index (κ1) is 26.3. The molecule has 1 saturated heterocycles. The third-order valence-electron chi connectivity index (χ3n) is 7.52. The van der Waals surface area contributed by atoms with Crippen LogP contribution in [0.3, 0.4) is 0 Å². The van der Waals surface area contributed by atoms with Crippen molar-refractivity contribution in [2.45, 2.75) is 51.5 Å².